The fourth-order valence-corrected chi connectivity index (χ4v) is 5.86. The lowest BCUT2D eigenvalue weighted by Crippen LogP contribution is -2.06. The Hall–Kier alpha value is -3.47. The van der Waals surface area contributed by atoms with E-state index in [0.717, 1.165) is 50.8 Å². The third-order valence-electron chi connectivity index (χ3n) is 7.17. The van der Waals surface area contributed by atoms with Gasteiger partial charge in [0.15, 0.2) is 5.82 Å². The zero-order chi connectivity index (χ0) is 29.5. The number of fused-ring (bicyclic) bond motifs is 2. The summed E-state index contributed by atoms with van der Waals surface area (Å²) >= 11 is 1.62. The van der Waals surface area contributed by atoms with Gasteiger partial charge in [-0.2, -0.15) is 0 Å². The van der Waals surface area contributed by atoms with Crippen LogP contribution in [0.4, 0.5) is 8.78 Å². The number of aromatic nitrogens is 2. The highest BCUT2D eigenvalue weighted by atomic mass is 32.1. The van der Waals surface area contributed by atoms with Crippen LogP contribution in [0, 0.1) is 11.6 Å². The molecule has 0 saturated heterocycles. The fraction of sp³-hybridized carbons (Fsp3) is 0.387. The average molecular weight is 583 g/mol. The normalized spacial score (nSPS) is 16.1. The summed E-state index contributed by atoms with van der Waals surface area (Å²) in [5.41, 5.74) is 15.1. The number of hydrogen-bond acceptors (Lipinski definition) is 7. The molecule has 0 bridgehead atoms. The highest BCUT2D eigenvalue weighted by molar-refractivity contribution is 7.18. The minimum atomic E-state index is -0.249. The van der Waals surface area contributed by atoms with Crippen LogP contribution in [-0.4, -0.2) is 36.6 Å². The molecule has 4 aromatic rings. The van der Waals surface area contributed by atoms with Crippen LogP contribution in [0.15, 0.2) is 42.5 Å². The minimum Gasteiger partial charge on any atom is -0.490 e. The van der Waals surface area contributed by atoms with Gasteiger partial charge in [-0.3, -0.25) is 4.79 Å². The Kier molecular flexibility index (Phi) is 10.4. The molecular formula is C31H36F2N4O3S. The minimum absolute atomic E-state index is 0.0830. The lowest BCUT2D eigenvalue weighted by atomic mass is 9.96. The highest BCUT2D eigenvalue weighted by Gasteiger charge is 2.28. The van der Waals surface area contributed by atoms with Crippen molar-refractivity contribution in [1.29, 1.82) is 0 Å². The van der Waals surface area contributed by atoms with Gasteiger partial charge in [0.25, 0.3) is 0 Å². The molecule has 1 aliphatic carbocycles. The van der Waals surface area contributed by atoms with Crippen LogP contribution in [0.3, 0.4) is 0 Å². The summed E-state index contributed by atoms with van der Waals surface area (Å²) in [6.45, 7) is 5.33. The van der Waals surface area contributed by atoms with Crippen LogP contribution >= 0.6 is 11.3 Å². The third kappa shape index (κ3) is 7.25. The third-order valence-corrected chi connectivity index (χ3v) is 8.34. The van der Waals surface area contributed by atoms with E-state index in [0.29, 0.717) is 30.5 Å². The lowest BCUT2D eigenvalue weighted by molar-refractivity contribution is -0.106. The van der Waals surface area contributed by atoms with E-state index in [1.165, 1.54) is 36.6 Å². The Bertz CT molecular complexity index is 1470. The molecule has 1 saturated carbocycles. The number of thiazole rings is 1. The van der Waals surface area contributed by atoms with E-state index in [9.17, 15) is 8.78 Å². The second-order valence-electron chi connectivity index (χ2n) is 10.0. The molecule has 1 amide bonds. The quantitative estimate of drug-likeness (QED) is 0.244. The number of carbonyl (C=O) groups excluding carboxylic acids is 1. The van der Waals surface area contributed by atoms with Gasteiger partial charge in [0.1, 0.15) is 22.8 Å². The Morgan fingerprint density at radius 1 is 1.17 bits per heavy atom. The molecule has 3 heterocycles. The van der Waals surface area contributed by atoms with E-state index < -0.39 is 0 Å². The maximum Gasteiger partial charge on any atom is 0.204 e. The average Bonchev–Trinajstić information content (AvgIpc) is 3.59. The van der Waals surface area contributed by atoms with Crippen molar-refractivity contribution in [3.63, 3.8) is 0 Å². The first-order valence-corrected chi connectivity index (χ1v) is 14.6. The van der Waals surface area contributed by atoms with Gasteiger partial charge in [0, 0.05) is 42.2 Å². The molecule has 6 rings (SSSR count). The molecule has 4 N–H and O–H groups in total. The summed E-state index contributed by atoms with van der Waals surface area (Å²) in [6, 6.07) is 12.0. The number of rotatable bonds is 7. The molecule has 2 unspecified atom stereocenters. The van der Waals surface area contributed by atoms with Gasteiger partial charge in [-0.25, -0.2) is 18.7 Å². The van der Waals surface area contributed by atoms with E-state index in [4.69, 9.17) is 20.0 Å². The largest absolute Gasteiger partial charge is 0.490 e. The van der Waals surface area contributed by atoms with Crippen molar-refractivity contribution in [2.75, 3.05) is 20.3 Å². The van der Waals surface area contributed by atoms with Gasteiger partial charge in [-0.05, 0) is 80.8 Å². The van der Waals surface area contributed by atoms with Crippen molar-refractivity contribution in [2.45, 2.75) is 57.5 Å². The van der Waals surface area contributed by atoms with E-state index in [1.807, 2.05) is 13.0 Å². The number of amides is 1. The zero-order valence-electron chi connectivity index (χ0n) is 23.5. The number of benzene rings is 2. The van der Waals surface area contributed by atoms with Crippen molar-refractivity contribution < 1.29 is 23.0 Å². The summed E-state index contributed by atoms with van der Waals surface area (Å²) in [6.07, 6.45) is 4.33. The van der Waals surface area contributed by atoms with E-state index in [1.54, 1.807) is 30.6 Å². The van der Waals surface area contributed by atoms with Crippen molar-refractivity contribution >= 4 is 28.0 Å². The Labute approximate surface area is 242 Å². The second-order valence-corrected chi connectivity index (χ2v) is 11.1. The Morgan fingerprint density at radius 2 is 1.88 bits per heavy atom. The zero-order valence-corrected chi connectivity index (χ0v) is 24.3. The first-order chi connectivity index (χ1) is 19.8. The lowest BCUT2D eigenvalue weighted by Gasteiger charge is -2.11. The second kappa shape index (κ2) is 13.9. The summed E-state index contributed by atoms with van der Waals surface area (Å²) in [5, 5.41) is 1.08. The number of primary amides is 1. The molecule has 2 atom stereocenters. The van der Waals surface area contributed by atoms with Crippen LogP contribution in [0.1, 0.15) is 72.9 Å². The molecular weight excluding hydrogens is 546 g/mol. The van der Waals surface area contributed by atoms with E-state index in [-0.39, 0.29) is 24.1 Å². The maximum absolute atomic E-state index is 13.9. The number of nitrogens with zero attached hydrogens (tertiary/aromatic N) is 2. The van der Waals surface area contributed by atoms with E-state index in [2.05, 4.69) is 28.7 Å². The number of ether oxygens (including phenoxy) is 2. The monoisotopic (exact) mass is 582 g/mol. The summed E-state index contributed by atoms with van der Waals surface area (Å²) < 4.78 is 39.1. The summed E-state index contributed by atoms with van der Waals surface area (Å²) in [5.74, 6) is 1.34. The molecule has 0 spiro atoms. The summed E-state index contributed by atoms with van der Waals surface area (Å²) in [4.78, 5) is 17.7. The standard InChI is InChI=1S/C17H19FN2O.C13H14FNOS.CH3NO/c1-2-11-10-21-17-15(11)9-14(7-8-19)20-16(17)12-3-5-13(18)6-4-12;1-7(16-2)9-5-10(14)12-11(6-9)17-13(15-12)8-3-4-8;2-1-3/h3-6,9,11H,2,7-8,10,19H2,1H3;5-8H,3-4H2,1-2H3;1H,(H2,2,3). The molecule has 10 heteroatoms. The Balaban J connectivity index is 0.000000175. The highest BCUT2D eigenvalue weighted by Crippen LogP contribution is 2.44. The van der Waals surface area contributed by atoms with Gasteiger partial charge in [0.05, 0.1) is 22.4 Å². The van der Waals surface area contributed by atoms with Crippen LogP contribution in [-0.2, 0) is 16.0 Å². The molecule has 41 heavy (non-hydrogen) atoms. The molecule has 7 nitrogen and oxygen atoms in total. The van der Waals surface area contributed by atoms with Crippen LogP contribution < -0.4 is 16.2 Å². The molecule has 1 aliphatic heterocycles. The van der Waals surface area contributed by atoms with Crippen LogP contribution in [0.25, 0.3) is 21.5 Å². The fourth-order valence-electron chi connectivity index (χ4n) is 4.66. The molecule has 218 valence electrons. The van der Waals surface area contributed by atoms with Crippen molar-refractivity contribution in [3.8, 4) is 17.0 Å². The van der Waals surface area contributed by atoms with Crippen LogP contribution in [0.5, 0.6) is 5.75 Å². The van der Waals surface area contributed by atoms with Gasteiger partial charge in [-0.15, -0.1) is 11.3 Å². The molecule has 1 fully saturated rings. The van der Waals surface area contributed by atoms with Gasteiger partial charge < -0.3 is 20.9 Å². The number of methoxy groups -OCH3 is 1. The maximum atomic E-state index is 13.9. The van der Waals surface area contributed by atoms with Crippen molar-refractivity contribution in [2.24, 2.45) is 11.5 Å². The van der Waals surface area contributed by atoms with Crippen LogP contribution in [0.2, 0.25) is 0 Å². The number of pyridine rings is 1. The molecule has 0 radical (unpaired) electrons. The number of halogens is 2. The SMILES string of the molecule is CCC1COc2c1cc(CCN)nc2-c1ccc(F)cc1.COC(C)c1cc(F)c2nc(C3CC3)sc2c1.NC=O. The molecule has 2 aromatic carbocycles. The molecule has 2 aliphatic rings. The predicted molar refractivity (Wildman–Crippen MR) is 158 cm³/mol. The number of hydrogen-bond donors (Lipinski definition) is 2. The predicted octanol–water partition coefficient (Wildman–Crippen LogP) is 6.40. The first-order valence-electron chi connectivity index (χ1n) is 13.7. The van der Waals surface area contributed by atoms with Crippen molar-refractivity contribution in [1.82, 2.24) is 9.97 Å². The van der Waals surface area contributed by atoms with Gasteiger partial charge in [0.2, 0.25) is 6.41 Å². The van der Waals surface area contributed by atoms with E-state index >= 15 is 0 Å². The topological polar surface area (TPSA) is 113 Å². The summed E-state index contributed by atoms with van der Waals surface area (Å²) in [7, 11) is 1.63. The van der Waals surface area contributed by atoms with Crippen molar-refractivity contribution in [3.05, 3.63) is 75.9 Å². The number of carbonyl (C=O) groups is 1. The smallest absolute Gasteiger partial charge is 0.204 e. The number of nitrogens with two attached hydrogens (primary N) is 2. The molecule has 2 aromatic heterocycles. The first kappa shape index (κ1) is 30.5. The Morgan fingerprint density at radius 3 is 2.49 bits per heavy atom. The van der Waals surface area contributed by atoms with Gasteiger partial charge >= 0.3 is 0 Å². The van der Waals surface area contributed by atoms with Gasteiger partial charge in [-0.1, -0.05) is 6.92 Å².